The lowest BCUT2D eigenvalue weighted by Gasteiger charge is -2.13. The third-order valence-electron chi connectivity index (χ3n) is 2.49. The first kappa shape index (κ1) is 20.8. The molecule has 0 unspecified atom stereocenters. The molecule has 0 radical (unpaired) electrons. The van der Waals surface area contributed by atoms with Gasteiger partial charge in [0.05, 0.1) is 6.54 Å². The molecular weight excluding hydrogens is 410 g/mol. The molecule has 8 heteroatoms. The number of ether oxygens (including phenoxy) is 1. The van der Waals surface area contributed by atoms with Crippen LogP contribution in [0.2, 0.25) is 0 Å². The summed E-state index contributed by atoms with van der Waals surface area (Å²) in [6.07, 6.45) is -3.77. The molecule has 22 heavy (non-hydrogen) atoms. The monoisotopic (exact) mass is 431 g/mol. The molecule has 0 amide bonds. The summed E-state index contributed by atoms with van der Waals surface area (Å²) < 4.78 is 41.0. The molecule has 1 rings (SSSR count). The number of para-hydroxylation sites is 1. The van der Waals surface area contributed by atoms with Crippen molar-refractivity contribution >= 4 is 29.9 Å². The van der Waals surface area contributed by atoms with E-state index < -0.39 is 6.36 Å². The summed E-state index contributed by atoms with van der Waals surface area (Å²) in [7, 11) is 0. The van der Waals surface area contributed by atoms with Crippen LogP contribution in [-0.2, 0) is 6.54 Å². The van der Waals surface area contributed by atoms with Crippen LogP contribution in [0, 0.1) is 0 Å². The number of nitrogens with one attached hydrogen (secondary N) is 2. The van der Waals surface area contributed by atoms with E-state index in [-0.39, 0.29) is 36.3 Å². The van der Waals surface area contributed by atoms with Crippen LogP contribution in [-0.4, -0.2) is 25.4 Å². The molecular formula is C14H21F3IN3O. The predicted molar refractivity (Wildman–Crippen MR) is 91.6 cm³/mol. The second-order valence-corrected chi connectivity index (χ2v) is 4.28. The van der Waals surface area contributed by atoms with Gasteiger partial charge in [-0.05, 0) is 19.4 Å². The summed E-state index contributed by atoms with van der Waals surface area (Å²) in [6.45, 7) is 5.46. The van der Waals surface area contributed by atoms with E-state index in [1.54, 1.807) is 12.1 Å². The summed E-state index contributed by atoms with van der Waals surface area (Å²) in [6, 6.07) is 5.99. The van der Waals surface area contributed by atoms with Crippen LogP contribution < -0.4 is 15.4 Å². The highest BCUT2D eigenvalue weighted by Gasteiger charge is 2.31. The van der Waals surface area contributed by atoms with E-state index in [0.29, 0.717) is 18.1 Å². The van der Waals surface area contributed by atoms with Crippen molar-refractivity contribution in [3.8, 4) is 5.75 Å². The van der Waals surface area contributed by atoms with Crippen LogP contribution in [0.4, 0.5) is 13.2 Å². The van der Waals surface area contributed by atoms with E-state index in [4.69, 9.17) is 0 Å². The fraction of sp³-hybridized carbons (Fsp3) is 0.500. The third kappa shape index (κ3) is 8.30. The van der Waals surface area contributed by atoms with Gasteiger partial charge in [0.15, 0.2) is 5.96 Å². The van der Waals surface area contributed by atoms with Gasteiger partial charge in [-0.2, -0.15) is 0 Å². The Kier molecular flexibility index (Phi) is 9.95. The fourth-order valence-electron chi connectivity index (χ4n) is 1.61. The SMILES string of the molecule is CCCNC(=NCc1ccccc1OC(F)(F)F)NCC.I. The van der Waals surface area contributed by atoms with Gasteiger partial charge < -0.3 is 15.4 Å². The van der Waals surface area contributed by atoms with Crippen molar-refractivity contribution in [3.63, 3.8) is 0 Å². The highest BCUT2D eigenvalue weighted by Crippen LogP contribution is 2.26. The minimum Gasteiger partial charge on any atom is -0.405 e. The second-order valence-electron chi connectivity index (χ2n) is 4.28. The number of guanidine groups is 1. The van der Waals surface area contributed by atoms with E-state index in [1.807, 2.05) is 13.8 Å². The van der Waals surface area contributed by atoms with Crippen molar-refractivity contribution < 1.29 is 17.9 Å². The highest BCUT2D eigenvalue weighted by molar-refractivity contribution is 14.0. The molecule has 0 saturated carbocycles. The molecule has 0 atom stereocenters. The van der Waals surface area contributed by atoms with Crippen LogP contribution in [0.25, 0.3) is 0 Å². The number of alkyl halides is 3. The number of hydrogen-bond donors (Lipinski definition) is 2. The first-order valence-corrected chi connectivity index (χ1v) is 6.82. The highest BCUT2D eigenvalue weighted by atomic mass is 127. The summed E-state index contributed by atoms with van der Waals surface area (Å²) in [4.78, 5) is 4.26. The minimum atomic E-state index is -4.70. The van der Waals surface area contributed by atoms with Gasteiger partial charge in [0.1, 0.15) is 5.75 Å². The molecule has 0 aromatic heterocycles. The summed E-state index contributed by atoms with van der Waals surface area (Å²) in [5.74, 6) is 0.348. The van der Waals surface area contributed by atoms with Crippen molar-refractivity contribution in [1.82, 2.24) is 10.6 Å². The molecule has 1 aromatic carbocycles. The quantitative estimate of drug-likeness (QED) is 0.411. The van der Waals surface area contributed by atoms with E-state index >= 15 is 0 Å². The molecule has 0 spiro atoms. The van der Waals surface area contributed by atoms with Gasteiger partial charge in [-0.25, -0.2) is 4.99 Å². The Morgan fingerprint density at radius 2 is 1.86 bits per heavy atom. The van der Waals surface area contributed by atoms with Crippen molar-refractivity contribution in [2.24, 2.45) is 4.99 Å². The topological polar surface area (TPSA) is 45.7 Å². The molecule has 0 aliphatic rings. The molecule has 0 heterocycles. The first-order valence-electron chi connectivity index (χ1n) is 6.82. The summed E-state index contributed by atoms with van der Waals surface area (Å²) in [5, 5.41) is 6.12. The van der Waals surface area contributed by atoms with Crippen molar-refractivity contribution in [1.29, 1.82) is 0 Å². The third-order valence-corrected chi connectivity index (χ3v) is 2.49. The second kappa shape index (κ2) is 10.5. The zero-order valence-electron chi connectivity index (χ0n) is 12.5. The average Bonchev–Trinajstić information content (AvgIpc) is 2.41. The van der Waals surface area contributed by atoms with Crippen molar-refractivity contribution in [2.45, 2.75) is 33.2 Å². The van der Waals surface area contributed by atoms with Gasteiger partial charge in [-0.15, -0.1) is 37.1 Å². The molecule has 4 nitrogen and oxygen atoms in total. The van der Waals surface area contributed by atoms with Crippen LogP contribution >= 0.6 is 24.0 Å². The molecule has 0 saturated heterocycles. The van der Waals surface area contributed by atoms with Gasteiger partial charge in [0.2, 0.25) is 0 Å². The van der Waals surface area contributed by atoms with Crippen LogP contribution in [0.15, 0.2) is 29.3 Å². The van der Waals surface area contributed by atoms with Crippen molar-refractivity contribution in [2.75, 3.05) is 13.1 Å². The van der Waals surface area contributed by atoms with E-state index in [1.165, 1.54) is 12.1 Å². The number of nitrogens with zero attached hydrogens (tertiary/aromatic N) is 1. The Bertz CT molecular complexity index is 467. The normalized spacial score (nSPS) is 11.6. The molecule has 0 fully saturated rings. The molecule has 0 bridgehead atoms. The van der Waals surface area contributed by atoms with E-state index in [9.17, 15) is 13.2 Å². The minimum absolute atomic E-state index is 0. The average molecular weight is 431 g/mol. The lowest BCUT2D eigenvalue weighted by Crippen LogP contribution is -2.37. The Hall–Kier alpha value is -1.19. The molecule has 1 aromatic rings. The lowest BCUT2D eigenvalue weighted by atomic mass is 10.2. The van der Waals surface area contributed by atoms with Gasteiger partial charge in [0, 0.05) is 18.7 Å². The van der Waals surface area contributed by atoms with Crippen LogP contribution in [0.1, 0.15) is 25.8 Å². The lowest BCUT2D eigenvalue weighted by molar-refractivity contribution is -0.274. The molecule has 0 aliphatic carbocycles. The molecule has 126 valence electrons. The molecule has 0 aliphatic heterocycles. The van der Waals surface area contributed by atoms with E-state index in [0.717, 1.165) is 13.0 Å². The number of halogens is 4. The molecule has 2 N–H and O–H groups in total. The number of aliphatic imine (C=N–C) groups is 1. The maximum atomic E-state index is 12.3. The zero-order valence-corrected chi connectivity index (χ0v) is 14.9. The van der Waals surface area contributed by atoms with Crippen molar-refractivity contribution in [3.05, 3.63) is 29.8 Å². The predicted octanol–water partition coefficient (Wildman–Crippen LogP) is 3.67. The number of hydrogen-bond acceptors (Lipinski definition) is 2. The van der Waals surface area contributed by atoms with Gasteiger partial charge in [-0.3, -0.25) is 0 Å². The number of benzene rings is 1. The smallest absolute Gasteiger partial charge is 0.405 e. The van der Waals surface area contributed by atoms with Crippen LogP contribution in [0.3, 0.4) is 0 Å². The first-order chi connectivity index (χ1) is 9.96. The Morgan fingerprint density at radius 1 is 1.18 bits per heavy atom. The zero-order chi connectivity index (χ0) is 15.7. The Labute approximate surface area is 145 Å². The fourth-order valence-corrected chi connectivity index (χ4v) is 1.61. The standard InChI is InChI=1S/C14H20F3N3O.HI/c1-3-9-19-13(18-4-2)20-10-11-7-5-6-8-12(11)21-14(15,16)17;/h5-8H,3-4,9-10H2,1-2H3,(H2,18,19,20);1H. The number of rotatable bonds is 6. The maximum absolute atomic E-state index is 12.3. The summed E-state index contributed by atoms with van der Waals surface area (Å²) in [5.41, 5.74) is 0.378. The van der Waals surface area contributed by atoms with Gasteiger partial charge in [-0.1, -0.05) is 25.1 Å². The van der Waals surface area contributed by atoms with Crippen LogP contribution in [0.5, 0.6) is 5.75 Å². The van der Waals surface area contributed by atoms with Gasteiger partial charge in [0.25, 0.3) is 0 Å². The Morgan fingerprint density at radius 3 is 2.45 bits per heavy atom. The summed E-state index contributed by atoms with van der Waals surface area (Å²) >= 11 is 0. The Balaban J connectivity index is 0.00000441. The largest absolute Gasteiger partial charge is 0.573 e. The van der Waals surface area contributed by atoms with Gasteiger partial charge >= 0.3 is 6.36 Å². The van der Waals surface area contributed by atoms with E-state index in [2.05, 4.69) is 20.4 Å². The maximum Gasteiger partial charge on any atom is 0.573 e.